The van der Waals surface area contributed by atoms with E-state index in [1.165, 1.54) is 29.2 Å². The lowest BCUT2D eigenvalue weighted by Gasteiger charge is -2.01. The second kappa shape index (κ2) is 7.21. The average Bonchev–Trinajstić information content (AvgIpc) is 2.85. The minimum atomic E-state index is -0.190. The molecule has 102 valence electrons. The summed E-state index contributed by atoms with van der Waals surface area (Å²) in [6.07, 6.45) is 1.05. The highest BCUT2D eigenvalue weighted by molar-refractivity contribution is 9.10. The van der Waals surface area contributed by atoms with Crippen molar-refractivity contribution in [3.8, 4) is 0 Å². The van der Waals surface area contributed by atoms with Gasteiger partial charge in [0.15, 0.2) is 4.34 Å². The van der Waals surface area contributed by atoms with Crippen molar-refractivity contribution in [2.24, 2.45) is 0 Å². The summed E-state index contributed by atoms with van der Waals surface area (Å²) in [6.45, 7) is 2.99. The van der Waals surface area contributed by atoms with Gasteiger partial charge in [-0.1, -0.05) is 46.0 Å². The minimum absolute atomic E-state index is 0.190. The van der Waals surface area contributed by atoms with Crippen molar-refractivity contribution in [3.63, 3.8) is 0 Å². The number of thioether (sulfide) groups is 1. The molecule has 1 N–H and O–H groups in total. The normalized spacial score (nSPS) is 10.7. The fraction of sp³-hybridized carbons (Fsp3) is 0.333. The van der Waals surface area contributed by atoms with Gasteiger partial charge in [0, 0.05) is 16.8 Å². The first-order valence-corrected chi connectivity index (χ1v) is 8.42. The van der Waals surface area contributed by atoms with Crippen LogP contribution in [0, 0.1) is 5.82 Å². The van der Waals surface area contributed by atoms with E-state index in [0.717, 1.165) is 26.9 Å². The molecule has 0 fully saturated rings. The standard InChI is InChI=1S/C12H13BrFN3S2/c1-2-5-15-11-16-17-12(19-11)18-7-8-6-9(13)3-4-10(8)14/h3-4,6H,2,5,7H2,1H3,(H,15,16). The van der Waals surface area contributed by atoms with E-state index >= 15 is 0 Å². The van der Waals surface area contributed by atoms with Crippen LogP contribution in [0.25, 0.3) is 0 Å². The van der Waals surface area contributed by atoms with E-state index in [9.17, 15) is 4.39 Å². The van der Waals surface area contributed by atoms with Gasteiger partial charge in [-0.25, -0.2) is 4.39 Å². The smallest absolute Gasteiger partial charge is 0.206 e. The molecule has 7 heteroatoms. The summed E-state index contributed by atoms with van der Waals surface area (Å²) in [5.41, 5.74) is 0.664. The van der Waals surface area contributed by atoms with Gasteiger partial charge in [0.1, 0.15) is 5.82 Å². The Bertz CT molecular complexity index is 548. The fourth-order valence-electron chi connectivity index (χ4n) is 1.36. The summed E-state index contributed by atoms with van der Waals surface area (Å²) in [4.78, 5) is 0. The predicted octanol–water partition coefficient (Wildman–Crippen LogP) is 4.55. The Kier molecular flexibility index (Phi) is 5.59. The van der Waals surface area contributed by atoms with Crippen LogP contribution in [0.2, 0.25) is 0 Å². The van der Waals surface area contributed by atoms with Gasteiger partial charge >= 0.3 is 0 Å². The second-order valence-corrected chi connectivity index (χ2v) is 6.94. The first-order chi connectivity index (χ1) is 9.19. The summed E-state index contributed by atoms with van der Waals surface area (Å²) >= 11 is 6.34. The van der Waals surface area contributed by atoms with Gasteiger partial charge in [-0.05, 0) is 30.2 Å². The van der Waals surface area contributed by atoms with E-state index in [0.29, 0.717) is 11.3 Å². The van der Waals surface area contributed by atoms with Crippen molar-refractivity contribution < 1.29 is 4.39 Å². The molecule has 2 aromatic rings. The number of nitrogens with zero attached hydrogens (tertiary/aromatic N) is 2. The topological polar surface area (TPSA) is 37.8 Å². The quantitative estimate of drug-likeness (QED) is 0.765. The zero-order valence-electron chi connectivity index (χ0n) is 10.3. The molecule has 3 nitrogen and oxygen atoms in total. The van der Waals surface area contributed by atoms with Crippen LogP contribution in [-0.4, -0.2) is 16.7 Å². The Morgan fingerprint density at radius 3 is 3.05 bits per heavy atom. The molecule has 0 radical (unpaired) electrons. The van der Waals surface area contributed by atoms with Crippen LogP contribution in [0.4, 0.5) is 9.52 Å². The highest BCUT2D eigenvalue weighted by Gasteiger charge is 2.07. The maximum absolute atomic E-state index is 13.6. The number of benzene rings is 1. The third kappa shape index (κ3) is 4.43. The van der Waals surface area contributed by atoms with Crippen molar-refractivity contribution in [3.05, 3.63) is 34.1 Å². The van der Waals surface area contributed by atoms with Crippen LogP contribution in [0.5, 0.6) is 0 Å². The van der Waals surface area contributed by atoms with Crippen LogP contribution in [0.15, 0.2) is 27.0 Å². The van der Waals surface area contributed by atoms with Gasteiger partial charge in [0.25, 0.3) is 0 Å². The Morgan fingerprint density at radius 2 is 2.26 bits per heavy atom. The molecule has 19 heavy (non-hydrogen) atoms. The molecule has 0 bridgehead atoms. The number of rotatable bonds is 6. The number of nitrogens with one attached hydrogen (secondary N) is 1. The molecule has 0 unspecified atom stereocenters. The van der Waals surface area contributed by atoms with Crippen molar-refractivity contribution in [1.29, 1.82) is 0 Å². The number of anilines is 1. The largest absolute Gasteiger partial charge is 0.360 e. The molecule has 0 saturated carbocycles. The highest BCUT2D eigenvalue weighted by Crippen LogP contribution is 2.29. The molecular formula is C12H13BrFN3S2. The van der Waals surface area contributed by atoms with Gasteiger partial charge < -0.3 is 5.32 Å². The van der Waals surface area contributed by atoms with E-state index in [2.05, 4.69) is 38.4 Å². The fourth-order valence-corrected chi connectivity index (χ4v) is 3.52. The molecule has 0 atom stereocenters. The van der Waals surface area contributed by atoms with Gasteiger partial charge in [0.2, 0.25) is 5.13 Å². The van der Waals surface area contributed by atoms with Crippen LogP contribution in [-0.2, 0) is 5.75 Å². The third-order valence-electron chi connectivity index (χ3n) is 2.29. The summed E-state index contributed by atoms with van der Waals surface area (Å²) in [5, 5.41) is 12.1. The van der Waals surface area contributed by atoms with E-state index in [-0.39, 0.29) is 5.82 Å². The molecule has 1 aromatic heterocycles. The molecule has 0 spiro atoms. The lowest BCUT2D eigenvalue weighted by atomic mass is 10.2. The lowest BCUT2D eigenvalue weighted by molar-refractivity contribution is 0.617. The molecule has 1 aromatic carbocycles. The number of hydrogen-bond acceptors (Lipinski definition) is 5. The molecule has 0 aliphatic rings. The average molecular weight is 362 g/mol. The van der Waals surface area contributed by atoms with Gasteiger partial charge in [-0.3, -0.25) is 0 Å². The zero-order chi connectivity index (χ0) is 13.7. The molecular weight excluding hydrogens is 349 g/mol. The Hall–Kier alpha value is -0.660. The van der Waals surface area contributed by atoms with E-state index in [1.807, 2.05) is 0 Å². The maximum Gasteiger partial charge on any atom is 0.206 e. The molecule has 2 rings (SSSR count). The molecule has 0 aliphatic carbocycles. The van der Waals surface area contributed by atoms with Crippen LogP contribution >= 0.6 is 39.0 Å². The number of halogens is 2. The molecule has 0 amide bonds. The Morgan fingerprint density at radius 1 is 1.42 bits per heavy atom. The first kappa shape index (κ1) is 14.7. The Balaban J connectivity index is 1.94. The van der Waals surface area contributed by atoms with Gasteiger partial charge in [0.05, 0.1) is 0 Å². The second-order valence-electron chi connectivity index (χ2n) is 3.82. The summed E-state index contributed by atoms with van der Waals surface area (Å²) in [6, 6.07) is 4.95. The van der Waals surface area contributed by atoms with E-state index in [4.69, 9.17) is 0 Å². The van der Waals surface area contributed by atoms with Crippen molar-refractivity contribution in [2.45, 2.75) is 23.4 Å². The van der Waals surface area contributed by atoms with Crippen molar-refractivity contribution in [1.82, 2.24) is 10.2 Å². The molecule has 1 heterocycles. The highest BCUT2D eigenvalue weighted by atomic mass is 79.9. The number of aromatic nitrogens is 2. The van der Waals surface area contributed by atoms with Crippen molar-refractivity contribution >= 4 is 44.2 Å². The van der Waals surface area contributed by atoms with E-state index in [1.54, 1.807) is 12.1 Å². The molecule has 0 saturated heterocycles. The third-order valence-corrected chi connectivity index (χ3v) is 4.85. The SMILES string of the molecule is CCCNc1nnc(SCc2cc(Br)ccc2F)s1. The van der Waals surface area contributed by atoms with Gasteiger partial charge in [-0.15, -0.1) is 10.2 Å². The van der Waals surface area contributed by atoms with Crippen molar-refractivity contribution in [2.75, 3.05) is 11.9 Å². The lowest BCUT2D eigenvalue weighted by Crippen LogP contribution is -1.98. The minimum Gasteiger partial charge on any atom is -0.360 e. The van der Waals surface area contributed by atoms with Crippen LogP contribution < -0.4 is 5.32 Å². The summed E-state index contributed by atoms with van der Waals surface area (Å²) in [7, 11) is 0. The Labute approximate surface area is 128 Å². The van der Waals surface area contributed by atoms with E-state index < -0.39 is 0 Å². The van der Waals surface area contributed by atoms with Gasteiger partial charge in [-0.2, -0.15) is 0 Å². The van der Waals surface area contributed by atoms with Crippen LogP contribution in [0.1, 0.15) is 18.9 Å². The maximum atomic E-state index is 13.6. The monoisotopic (exact) mass is 361 g/mol. The zero-order valence-corrected chi connectivity index (χ0v) is 13.5. The summed E-state index contributed by atoms with van der Waals surface area (Å²) in [5.74, 6) is 0.359. The number of hydrogen-bond donors (Lipinski definition) is 1. The van der Waals surface area contributed by atoms with Crippen LogP contribution in [0.3, 0.4) is 0 Å². The summed E-state index contributed by atoms with van der Waals surface area (Å²) < 4.78 is 15.3. The predicted molar refractivity (Wildman–Crippen MR) is 82.4 cm³/mol. The first-order valence-electron chi connectivity index (χ1n) is 5.83. The molecule has 0 aliphatic heterocycles.